The number of anilines is 1. The van der Waals surface area contributed by atoms with Gasteiger partial charge in [-0.05, 0) is 24.1 Å². The van der Waals surface area contributed by atoms with Crippen LogP contribution in [0.4, 0.5) is 5.69 Å². The Morgan fingerprint density at radius 2 is 1.70 bits per heavy atom. The normalized spacial score (nSPS) is 15.8. The number of fused-ring (bicyclic) bond motifs is 1. The zero-order valence-electron chi connectivity index (χ0n) is 18.1. The third-order valence-corrected chi connectivity index (χ3v) is 6.50. The van der Waals surface area contributed by atoms with Crippen molar-refractivity contribution < 1.29 is 23.9 Å². The van der Waals surface area contributed by atoms with Crippen molar-refractivity contribution in [1.82, 2.24) is 4.57 Å². The molecule has 2 N–H and O–H groups in total. The zero-order chi connectivity index (χ0) is 23.5. The van der Waals surface area contributed by atoms with Crippen LogP contribution in [0.3, 0.4) is 0 Å². The standard InChI is InChI=1S/C25H22N2O5S/c1-3-32-24(29)20-18(26)17(14-15-10-6-4-7-11-15)19-22(25(30)31-2)33-21(23(28)27(19)20)16-12-8-5-9-13-16/h4-14,21H,3,26H2,1-2H3/b17-14+. The second-order valence-corrected chi connectivity index (χ2v) is 8.32. The third kappa shape index (κ3) is 4.05. The van der Waals surface area contributed by atoms with Crippen LogP contribution < -0.4 is 16.3 Å². The van der Waals surface area contributed by atoms with Crippen molar-refractivity contribution in [2.24, 2.45) is 0 Å². The molecular weight excluding hydrogens is 440 g/mol. The summed E-state index contributed by atoms with van der Waals surface area (Å²) >= 11 is 1.08. The smallest absolute Gasteiger partial charge is 0.357 e. The van der Waals surface area contributed by atoms with E-state index in [1.165, 1.54) is 11.7 Å². The van der Waals surface area contributed by atoms with Gasteiger partial charge in [0, 0.05) is 5.22 Å². The molecule has 0 saturated carbocycles. The van der Waals surface area contributed by atoms with Crippen LogP contribution in [0.2, 0.25) is 0 Å². The highest BCUT2D eigenvalue weighted by Crippen LogP contribution is 2.39. The Morgan fingerprint density at radius 3 is 2.30 bits per heavy atom. The summed E-state index contributed by atoms with van der Waals surface area (Å²) in [5.74, 6) is -1.75. The van der Waals surface area contributed by atoms with Crippen LogP contribution in [0.5, 0.6) is 0 Å². The molecule has 0 amide bonds. The first-order valence-corrected chi connectivity index (χ1v) is 11.2. The molecule has 1 aromatic heterocycles. The molecule has 0 spiro atoms. The molecule has 1 atom stereocenters. The molecule has 0 aliphatic carbocycles. The maximum atomic E-state index is 13.7. The number of hydrogen-bond donors (Lipinski definition) is 1. The predicted octanol–water partition coefficient (Wildman–Crippen LogP) is 2.49. The van der Waals surface area contributed by atoms with Crippen molar-refractivity contribution in [2.45, 2.75) is 12.2 Å². The number of rotatable bonds is 5. The van der Waals surface area contributed by atoms with Gasteiger partial charge in [-0.2, -0.15) is 0 Å². The molecule has 0 radical (unpaired) electrons. The first-order valence-electron chi connectivity index (χ1n) is 10.3. The summed E-state index contributed by atoms with van der Waals surface area (Å²) in [6.07, 6.45) is 1.74. The predicted molar refractivity (Wildman–Crippen MR) is 127 cm³/mol. The second kappa shape index (κ2) is 9.38. The summed E-state index contributed by atoms with van der Waals surface area (Å²) in [6.45, 7) is 1.77. The van der Waals surface area contributed by atoms with Crippen molar-refractivity contribution in [3.8, 4) is 0 Å². The zero-order valence-corrected chi connectivity index (χ0v) is 18.9. The Bertz CT molecular complexity index is 1350. The average Bonchev–Trinajstić information content (AvgIpc) is 3.13. The fourth-order valence-corrected chi connectivity index (χ4v) is 4.96. The Kier molecular flexibility index (Phi) is 6.37. The van der Waals surface area contributed by atoms with E-state index in [1.54, 1.807) is 37.3 Å². The third-order valence-electron chi connectivity index (χ3n) is 5.20. The van der Waals surface area contributed by atoms with Crippen LogP contribution in [0.15, 0.2) is 60.7 Å². The van der Waals surface area contributed by atoms with E-state index in [1.807, 2.05) is 36.4 Å². The lowest BCUT2D eigenvalue weighted by atomic mass is 10.1. The minimum atomic E-state index is -0.766. The quantitative estimate of drug-likeness (QED) is 0.582. The molecule has 2 heterocycles. The Labute approximate surface area is 194 Å². The van der Waals surface area contributed by atoms with Gasteiger partial charge in [-0.1, -0.05) is 72.4 Å². The van der Waals surface area contributed by atoms with Gasteiger partial charge in [0.25, 0.3) is 0 Å². The number of carbonyl (C=O) groups excluding carboxylic acids is 3. The molecule has 1 unspecified atom stereocenters. The van der Waals surface area contributed by atoms with E-state index in [0.29, 0.717) is 10.8 Å². The van der Waals surface area contributed by atoms with E-state index in [2.05, 4.69) is 0 Å². The van der Waals surface area contributed by atoms with Gasteiger partial charge >= 0.3 is 11.9 Å². The summed E-state index contributed by atoms with van der Waals surface area (Å²) < 4.78 is 11.5. The molecule has 4 rings (SSSR count). The Morgan fingerprint density at radius 1 is 1.06 bits per heavy atom. The van der Waals surface area contributed by atoms with Gasteiger partial charge in [0.2, 0.25) is 5.91 Å². The summed E-state index contributed by atoms with van der Waals surface area (Å²) in [5, 5.41) is -0.150. The molecule has 1 aliphatic heterocycles. The van der Waals surface area contributed by atoms with E-state index in [0.717, 1.165) is 17.3 Å². The van der Waals surface area contributed by atoms with E-state index >= 15 is 0 Å². The van der Waals surface area contributed by atoms with Gasteiger partial charge in [-0.15, -0.1) is 0 Å². The Balaban J connectivity index is 2.11. The van der Waals surface area contributed by atoms with Crippen LogP contribution in [-0.4, -0.2) is 36.1 Å². The molecular formula is C25H22N2O5S. The first-order chi connectivity index (χ1) is 16.0. The van der Waals surface area contributed by atoms with E-state index in [9.17, 15) is 14.4 Å². The van der Waals surface area contributed by atoms with Gasteiger partial charge < -0.3 is 15.2 Å². The van der Waals surface area contributed by atoms with Crippen molar-refractivity contribution in [3.63, 3.8) is 0 Å². The fraction of sp³-hybridized carbons (Fsp3) is 0.160. The number of thioether (sulfide) groups is 1. The van der Waals surface area contributed by atoms with Gasteiger partial charge in [0.1, 0.15) is 10.2 Å². The number of aromatic nitrogens is 1. The van der Waals surface area contributed by atoms with Crippen molar-refractivity contribution >= 4 is 46.3 Å². The number of benzene rings is 2. The molecule has 7 nitrogen and oxygen atoms in total. The molecule has 2 aromatic carbocycles. The highest BCUT2D eigenvalue weighted by atomic mass is 32.2. The summed E-state index contributed by atoms with van der Waals surface area (Å²) in [7, 11) is 1.27. The summed E-state index contributed by atoms with van der Waals surface area (Å²) in [4.78, 5) is 39.7. The second-order valence-electron chi connectivity index (χ2n) is 7.20. The van der Waals surface area contributed by atoms with Crippen molar-refractivity contribution in [3.05, 3.63) is 88.1 Å². The number of nitrogens with two attached hydrogens (primary N) is 1. The minimum absolute atomic E-state index is 0.0661. The molecule has 0 fully saturated rings. The lowest BCUT2D eigenvalue weighted by molar-refractivity contribution is -0.133. The maximum absolute atomic E-state index is 13.7. The average molecular weight is 463 g/mol. The monoisotopic (exact) mass is 462 g/mol. The van der Waals surface area contributed by atoms with E-state index < -0.39 is 23.1 Å². The number of nitrogens with zero attached hydrogens (tertiary/aromatic N) is 1. The number of methoxy groups -OCH3 is 1. The van der Waals surface area contributed by atoms with Crippen molar-refractivity contribution in [1.29, 1.82) is 0 Å². The van der Waals surface area contributed by atoms with E-state index in [4.69, 9.17) is 15.2 Å². The molecule has 8 heteroatoms. The molecule has 3 aromatic rings. The largest absolute Gasteiger partial charge is 0.465 e. The lowest BCUT2D eigenvalue weighted by Crippen LogP contribution is -2.42. The van der Waals surface area contributed by atoms with E-state index in [-0.39, 0.29) is 28.2 Å². The SMILES string of the molecule is CCOC(=O)c1c(N)/c(=C\c2ccccc2)c2n1C(=O)C(c1ccccc1)SC=2C(=O)OC. The van der Waals surface area contributed by atoms with Crippen LogP contribution in [0.25, 0.3) is 11.0 Å². The van der Waals surface area contributed by atoms with Crippen LogP contribution in [0, 0.1) is 0 Å². The first kappa shape index (κ1) is 22.4. The van der Waals surface area contributed by atoms with Gasteiger partial charge in [0.05, 0.1) is 24.8 Å². The number of carbonyl (C=O) groups is 3. The number of hydrogen-bond acceptors (Lipinski definition) is 7. The van der Waals surface area contributed by atoms with Gasteiger partial charge in [-0.3, -0.25) is 9.36 Å². The molecule has 1 aliphatic rings. The highest BCUT2D eigenvalue weighted by Gasteiger charge is 2.38. The summed E-state index contributed by atoms with van der Waals surface area (Å²) in [5.41, 5.74) is 7.89. The van der Waals surface area contributed by atoms with Crippen molar-refractivity contribution in [2.75, 3.05) is 19.5 Å². The molecule has 0 bridgehead atoms. The number of ether oxygens (including phenoxy) is 2. The van der Waals surface area contributed by atoms with Gasteiger partial charge in [0.15, 0.2) is 5.69 Å². The lowest BCUT2D eigenvalue weighted by Gasteiger charge is -2.23. The number of esters is 2. The van der Waals surface area contributed by atoms with Crippen LogP contribution >= 0.6 is 11.8 Å². The maximum Gasteiger partial charge on any atom is 0.357 e. The minimum Gasteiger partial charge on any atom is -0.465 e. The number of nitrogen functional groups attached to an aromatic ring is 1. The summed E-state index contributed by atoms with van der Waals surface area (Å²) in [6, 6.07) is 18.3. The molecule has 33 heavy (non-hydrogen) atoms. The topological polar surface area (TPSA) is 101 Å². The van der Waals surface area contributed by atoms with Crippen LogP contribution in [0.1, 0.15) is 38.6 Å². The van der Waals surface area contributed by atoms with Crippen LogP contribution in [-0.2, 0) is 14.3 Å². The fourth-order valence-electron chi connectivity index (χ4n) is 3.73. The highest BCUT2D eigenvalue weighted by molar-refractivity contribution is 8.10. The Hall–Kier alpha value is -3.78. The van der Waals surface area contributed by atoms with Gasteiger partial charge in [-0.25, -0.2) is 9.59 Å². The molecule has 0 saturated heterocycles. The molecule has 168 valence electrons.